The van der Waals surface area contributed by atoms with Crippen LogP contribution in [0.5, 0.6) is 0 Å². The van der Waals surface area contributed by atoms with E-state index in [-0.39, 0.29) is 5.82 Å². The van der Waals surface area contributed by atoms with Gasteiger partial charge < -0.3 is 0 Å². The first-order chi connectivity index (χ1) is 6.70. The van der Waals surface area contributed by atoms with Crippen molar-refractivity contribution in [1.29, 1.82) is 0 Å². The number of carbonyl (C=O) groups excluding carboxylic acids is 1. The molecular formula is C11H6ClFO. The van der Waals surface area contributed by atoms with Gasteiger partial charge in [0, 0.05) is 10.9 Å². The largest absolute Gasteiger partial charge is 0.276 e. The quantitative estimate of drug-likeness (QED) is 0.657. The minimum atomic E-state index is -0.568. The first-order valence-corrected chi connectivity index (χ1v) is 4.45. The molecule has 0 amide bonds. The topological polar surface area (TPSA) is 17.1 Å². The zero-order valence-electron chi connectivity index (χ0n) is 7.13. The Morgan fingerprint density at radius 3 is 2.43 bits per heavy atom. The molecule has 0 heterocycles. The molecule has 1 nitrogen and oxygen atoms in total. The zero-order chi connectivity index (χ0) is 10.1. The maximum atomic E-state index is 13.3. The summed E-state index contributed by atoms with van der Waals surface area (Å²) in [5, 5.41) is 0.396. The molecule has 0 saturated carbocycles. The van der Waals surface area contributed by atoms with Crippen LogP contribution >= 0.6 is 11.6 Å². The third kappa shape index (κ3) is 1.38. The van der Waals surface area contributed by atoms with Gasteiger partial charge in [0.1, 0.15) is 5.82 Å². The molecule has 0 N–H and O–H groups in total. The van der Waals surface area contributed by atoms with E-state index in [4.69, 9.17) is 11.6 Å². The van der Waals surface area contributed by atoms with Crippen molar-refractivity contribution < 1.29 is 9.18 Å². The van der Waals surface area contributed by atoms with Crippen LogP contribution in [0.25, 0.3) is 10.8 Å². The molecule has 2 aromatic rings. The van der Waals surface area contributed by atoms with Crippen LogP contribution in [0, 0.1) is 5.82 Å². The smallest absolute Gasteiger partial charge is 0.253 e. The fraction of sp³-hybridized carbons (Fsp3) is 0. The van der Waals surface area contributed by atoms with Gasteiger partial charge >= 0.3 is 0 Å². The maximum absolute atomic E-state index is 13.3. The summed E-state index contributed by atoms with van der Waals surface area (Å²) >= 11 is 5.37. The van der Waals surface area contributed by atoms with Crippen molar-refractivity contribution >= 4 is 27.6 Å². The minimum absolute atomic E-state index is 0.337. The van der Waals surface area contributed by atoms with E-state index in [1.54, 1.807) is 30.3 Å². The van der Waals surface area contributed by atoms with Crippen LogP contribution in [-0.2, 0) is 0 Å². The second-order valence-corrected chi connectivity index (χ2v) is 3.26. The molecule has 0 aromatic heterocycles. The normalized spacial score (nSPS) is 10.4. The van der Waals surface area contributed by atoms with Crippen molar-refractivity contribution in [3.05, 3.63) is 47.8 Å². The van der Waals surface area contributed by atoms with E-state index in [9.17, 15) is 9.18 Å². The molecular weight excluding hydrogens is 203 g/mol. The highest BCUT2D eigenvalue weighted by Crippen LogP contribution is 2.22. The van der Waals surface area contributed by atoms with E-state index in [2.05, 4.69) is 0 Å². The molecule has 0 fully saturated rings. The molecule has 0 bridgehead atoms. The summed E-state index contributed by atoms with van der Waals surface area (Å²) in [4.78, 5) is 11.0. The molecule has 0 saturated heterocycles. The number of hydrogen-bond acceptors (Lipinski definition) is 1. The van der Waals surface area contributed by atoms with Gasteiger partial charge in [-0.3, -0.25) is 4.79 Å². The Morgan fingerprint density at radius 1 is 1.07 bits per heavy atom. The lowest BCUT2D eigenvalue weighted by Gasteiger charge is -2.02. The number of rotatable bonds is 1. The summed E-state index contributed by atoms with van der Waals surface area (Å²) < 4.78 is 13.3. The van der Waals surface area contributed by atoms with E-state index >= 15 is 0 Å². The summed E-state index contributed by atoms with van der Waals surface area (Å²) in [5.41, 5.74) is 0.337. The van der Waals surface area contributed by atoms with E-state index in [1.165, 1.54) is 6.07 Å². The Balaban J connectivity index is 2.88. The summed E-state index contributed by atoms with van der Waals surface area (Å²) in [7, 11) is 0. The van der Waals surface area contributed by atoms with Crippen molar-refractivity contribution in [3.63, 3.8) is 0 Å². The van der Waals surface area contributed by atoms with Gasteiger partial charge in [0.2, 0.25) is 0 Å². The molecule has 0 atom stereocenters. The molecule has 70 valence electrons. The van der Waals surface area contributed by atoms with Crippen LogP contribution in [0.1, 0.15) is 10.4 Å². The zero-order valence-corrected chi connectivity index (χ0v) is 7.88. The predicted molar refractivity (Wildman–Crippen MR) is 54.1 cm³/mol. The highest BCUT2D eigenvalue weighted by molar-refractivity contribution is 6.68. The second kappa shape index (κ2) is 3.39. The third-order valence-electron chi connectivity index (χ3n) is 2.08. The molecule has 2 aromatic carbocycles. The number of halogens is 2. The van der Waals surface area contributed by atoms with Crippen LogP contribution in [-0.4, -0.2) is 5.24 Å². The first kappa shape index (κ1) is 9.16. The summed E-state index contributed by atoms with van der Waals surface area (Å²) in [6.45, 7) is 0. The summed E-state index contributed by atoms with van der Waals surface area (Å²) in [5.74, 6) is -0.345. The number of hydrogen-bond donors (Lipinski definition) is 0. The van der Waals surface area contributed by atoms with Crippen LogP contribution in [0.3, 0.4) is 0 Å². The first-order valence-electron chi connectivity index (χ1n) is 4.07. The third-order valence-corrected chi connectivity index (χ3v) is 2.28. The van der Waals surface area contributed by atoms with Gasteiger partial charge in [-0.15, -0.1) is 0 Å². The van der Waals surface area contributed by atoms with Crippen LogP contribution in [0.4, 0.5) is 4.39 Å². The molecule has 0 aliphatic heterocycles. The fourth-order valence-corrected chi connectivity index (χ4v) is 1.61. The Bertz CT molecular complexity index is 508. The summed E-state index contributed by atoms with van der Waals surface area (Å²) in [6.07, 6.45) is 0. The highest BCUT2D eigenvalue weighted by atomic mass is 35.5. The van der Waals surface area contributed by atoms with Crippen LogP contribution in [0.2, 0.25) is 0 Å². The van der Waals surface area contributed by atoms with Gasteiger partial charge in [-0.1, -0.05) is 24.3 Å². The lowest BCUT2D eigenvalue weighted by molar-refractivity contribution is 0.108. The SMILES string of the molecule is O=C(Cl)c1cccc2c(F)cccc12. The molecule has 2 rings (SSSR count). The maximum Gasteiger partial charge on any atom is 0.253 e. The van der Waals surface area contributed by atoms with Crippen LogP contribution in [0.15, 0.2) is 36.4 Å². The minimum Gasteiger partial charge on any atom is -0.276 e. The summed E-state index contributed by atoms with van der Waals surface area (Å²) in [6, 6.07) is 9.39. The van der Waals surface area contributed by atoms with E-state index in [0.29, 0.717) is 16.3 Å². The average molecular weight is 209 g/mol. The van der Waals surface area contributed by atoms with Gasteiger partial charge in [0.25, 0.3) is 5.24 Å². The van der Waals surface area contributed by atoms with Gasteiger partial charge in [0.15, 0.2) is 0 Å². The van der Waals surface area contributed by atoms with Crippen molar-refractivity contribution in [3.8, 4) is 0 Å². The molecule has 0 spiro atoms. The van der Waals surface area contributed by atoms with Gasteiger partial charge in [-0.05, 0) is 29.1 Å². The lowest BCUT2D eigenvalue weighted by Crippen LogP contribution is -1.91. The number of fused-ring (bicyclic) bond motifs is 1. The molecule has 0 aliphatic carbocycles. The van der Waals surface area contributed by atoms with Crippen molar-refractivity contribution in [2.24, 2.45) is 0 Å². The van der Waals surface area contributed by atoms with Crippen molar-refractivity contribution in [1.82, 2.24) is 0 Å². The van der Waals surface area contributed by atoms with Gasteiger partial charge in [-0.2, -0.15) is 0 Å². The Hall–Kier alpha value is -1.41. The highest BCUT2D eigenvalue weighted by Gasteiger charge is 2.08. The molecule has 0 radical (unpaired) electrons. The predicted octanol–water partition coefficient (Wildman–Crippen LogP) is 3.36. The molecule has 0 aliphatic rings. The van der Waals surface area contributed by atoms with E-state index in [0.717, 1.165) is 0 Å². The standard InChI is InChI=1S/C11H6ClFO/c12-11(14)9-5-1-4-8-7(9)3-2-6-10(8)13/h1-6H. The average Bonchev–Trinajstić information content (AvgIpc) is 2.17. The second-order valence-electron chi connectivity index (χ2n) is 2.91. The molecule has 0 unspecified atom stereocenters. The Morgan fingerprint density at radius 2 is 1.71 bits per heavy atom. The van der Waals surface area contributed by atoms with Gasteiger partial charge in [-0.25, -0.2) is 4.39 Å². The van der Waals surface area contributed by atoms with Gasteiger partial charge in [0.05, 0.1) is 0 Å². The molecule has 3 heteroatoms. The Kier molecular flexibility index (Phi) is 2.22. The van der Waals surface area contributed by atoms with Crippen LogP contribution < -0.4 is 0 Å². The Labute approximate surface area is 85.1 Å². The number of carbonyl (C=O) groups is 1. The number of benzene rings is 2. The lowest BCUT2D eigenvalue weighted by atomic mass is 10.1. The van der Waals surface area contributed by atoms with Crippen molar-refractivity contribution in [2.75, 3.05) is 0 Å². The van der Waals surface area contributed by atoms with Crippen molar-refractivity contribution in [2.45, 2.75) is 0 Å². The van der Waals surface area contributed by atoms with E-state index < -0.39 is 5.24 Å². The van der Waals surface area contributed by atoms with E-state index in [1.807, 2.05) is 0 Å². The molecule has 14 heavy (non-hydrogen) atoms. The fourth-order valence-electron chi connectivity index (χ4n) is 1.44. The monoisotopic (exact) mass is 208 g/mol.